The third-order valence-electron chi connectivity index (χ3n) is 5.28. The Morgan fingerprint density at radius 2 is 1.83 bits per heavy atom. The van der Waals surface area contributed by atoms with E-state index in [0.29, 0.717) is 17.9 Å². The number of nitrogens with one attached hydrogen (secondary N) is 1. The van der Waals surface area contributed by atoms with Gasteiger partial charge in [0.2, 0.25) is 0 Å². The lowest BCUT2D eigenvalue weighted by atomic mass is 10.0. The summed E-state index contributed by atoms with van der Waals surface area (Å²) < 4.78 is 0. The van der Waals surface area contributed by atoms with Gasteiger partial charge >= 0.3 is 12.0 Å². The van der Waals surface area contributed by atoms with Crippen molar-refractivity contribution in [3.05, 3.63) is 0 Å². The topological polar surface area (TPSA) is 69.6 Å². The molecule has 0 heterocycles. The number of carbonyl (C=O) groups is 2. The van der Waals surface area contributed by atoms with Crippen LogP contribution in [0.3, 0.4) is 0 Å². The molecular formula is C13H20N2O3. The second kappa shape index (κ2) is 3.87. The van der Waals surface area contributed by atoms with Gasteiger partial charge in [-0.2, -0.15) is 0 Å². The Bertz CT molecular complexity index is 382. The number of urea groups is 1. The van der Waals surface area contributed by atoms with Gasteiger partial charge in [-0.15, -0.1) is 0 Å². The van der Waals surface area contributed by atoms with E-state index in [9.17, 15) is 9.59 Å². The summed E-state index contributed by atoms with van der Waals surface area (Å²) in [7, 11) is 1.54. The number of carboxylic acids is 1. The average molecular weight is 252 g/mol. The van der Waals surface area contributed by atoms with E-state index in [-0.39, 0.29) is 6.03 Å². The van der Waals surface area contributed by atoms with Crippen molar-refractivity contribution in [1.82, 2.24) is 10.2 Å². The van der Waals surface area contributed by atoms with E-state index in [1.54, 1.807) is 7.05 Å². The van der Waals surface area contributed by atoms with Crippen LogP contribution in [0, 0.1) is 23.7 Å². The first-order chi connectivity index (χ1) is 8.50. The van der Waals surface area contributed by atoms with Crippen LogP contribution in [0.4, 0.5) is 4.79 Å². The van der Waals surface area contributed by atoms with Gasteiger partial charge in [-0.3, -0.25) is 0 Å². The summed E-state index contributed by atoms with van der Waals surface area (Å²) in [5.41, 5.74) is 0. The lowest BCUT2D eigenvalue weighted by molar-refractivity contribution is -0.141. The molecule has 2 bridgehead atoms. The summed E-state index contributed by atoms with van der Waals surface area (Å²) >= 11 is 0. The molecule has 18 heavy (non-hydrogen) atoms. The van der Waals surface area contributed by atoms with Crippen molar-refractivity contribution in [2.75, 3.05) is 7.05 Å². The second-order valence-corrected chi connectivity index (χ2v) is 6.09. The van der Waals surface area contributed by atoms with Gasteiger partial charge < -0.3 is 15.3 Å². The van der Waals surface area contributed by atoms with Gasteiger partial charge in [-0.05, 0) is 49.9 Å². The number of fused-ring (bicyclic) bond motifs is 5. The van der Waals surface area contributed by atoms with Crippen molar-refractivity contribution in [2.24, 2.45) is 23.7 Å². The van der Waals surface area contributed by atoms with Crippen LogP contribution < -0.4 is 5.32 Å². The third kappa shape index (κ3) is 1.60. The zero-order chi connectivity index (χ0) is 13.0. The minimum absolute atomic E-state index is 0.247. The highest BCUT2D eigenvalue weighted by Gasteiger charge is 2.65. The van der Waals surface area contributed by atoms with Crippen molar-refractivity contribution in [3.63, 3.8) is 0 Å². The van der Waals surface area contributed by atoms with Gasteiger partial charge in [0, 0.05) is 13.1 Å². The molecule has 3 aliphatic rings. The molecule has 100 valence electrons. The monoisotopic (exact) mass is 252 g/mol. The molecule has 5 unspecified atom stereocenters. The standard InChI is InChI=1S/C13H20N2O3/c1-6(12(16)17)15(2)13(18)14-11-9-7-3-4-8(5-7)10(9)11/h6-11H,3-5H2,1-2H3,(H,14,18)(H,16,17). The molecule has 0 aromatic rings. The number of carbonyl (C=O) groups excluding carboxylic acids is 1. The first kappa shape index (κ1) is 11.8. The Kier molecular flexibility index (Phi) is 2.54. The molecule has 0 spiro atoms. The van der Waals surface area contributed by atoms with E-state index < -0.39 is 12.0 Å². The Morgan fingerprint density at radius 3 is 2.33 bits per heavy atom. The summed E-state index contributed by atoms with van der Waals surface area (Å²) in [4.78, 5) is 24.1. The number of rotatable bonds is 3. The van der Waals surface area contributed by atoms with Crippen LogP contribution in [0.25, 0.3) is 0 Å². The minimum Gasteiger partial charge on any atom is -0.480 e. The Morgan fingerprint density at radius 1 is 1.28 bits per heavy atom. The summed E-state index contributed by atoms with van der Waals surface area (Å²) in [5.74, 6) is 2.02. The maximum Gasteiger partial charge on any atom is 0.326 e. The highest BCUT2D eigenvalue weighted by molar-refractivity contribution is 5.82. The molecule has 2 amide bonds. The number of hydrogen-bond acceptors (Lipinski definition) is 2. The first-order valence-corrected chi connectivity index (χ1v) is 6.77. The van der Waals surface area contributed by atoms with Crippen LogP contribution in [0.2, 0.25) is 0 Å². The molecule has 3 saturated carbocycles. The predicted molar refractivity (Wildman–Crippen MR) is 65.0 cm³/mol. The van der Waals surface area contributed by atoms with E-state index in [0.717, 1.165) is 11.8 Å². The molecule has 0 aromatic heterocycles. The number of carboxylic acid groups (broad SMARTS) is 1. The van der Waals surface area contributed by atoms with Crippen LogP contribution in [-0.4, -0.2) is 41.1 Å². The van der Waals surface area contributed by atoms with E-state index in [4.69, 9.17) is 5.11 Å². The fourth-order valence-corrected chi connectivity index (χ4v) is 4.10. The molecule has 2 N–H and O–H groups in total. The van der Waals surface area contributed by atoms with Crippen LogP contribution in [-0.2, 0) is 4.79 Å². The summed E-state index contributed by atoms with van der Waals surface area (Å²) in [6.45, 7) is 1.53. The average Bonchev–Trinajstić information content (AvgIpc) is 2.75. The highest BCUT2D eigenvalue weighted by atomic mass is 16.4. The SMILES string of the molecule is CC(C(=O)O)N(C)C(=O)NC1C2C3CCC(C3)C12. The lowest BCUT2D eigenvalue weighted by Crippen LogP contribution is -2.47. The molecule has 5 heteroatoms. The lowest BCUT2D eigenvalue weighted by Gasteiger charge is -2.22. The normalized spacial score (nSPS) is 41.1. The predicted octanol–water partition coefficient (Wildman–Crippen LogP) is 1.15. The molecule has 0 radical (unpaired) electrons. The number of aliphatic carboxylic acids is 1. The molecule has 5 nitrogen and oxygen atoms in total. The number of hydrogen-bond donors (Lipinski definition) is 2. The molecule has 0 saturated heterocycles. The third-order valence-corrected chi connectivity index (χ3v) is 5.28. The summed E-state index contributed by atoms with van der Waals surface area (Å²) in [6.07, 6.45) is 3.99. The smallest absolute Gasteiger partial charge is 0.326 e. The largest absolute Gasteiger partial charge is 0.480 e. The van der Waals surface area contributed by atoms with E-state index >= 15 is 0 Å². The van der Waals surface area contributed by atoms with Crippen molar-refractivity contribution in [1.29, 1.82) is 0 Å². The molecule has 0 aliphatic heterocycles. The molecule has 3 fully saturated rings. The zero-order valence-corrected chi connectivity index (χ0v) is 10.8. The molecule has 5 atom stereocenters. The Balaban J connectivity index is 1.56. The maximum atomic E-state index is 12.0. The van der Waals surface area contributed by atoms with Crippen molar-refractivity contribution in [2.45, 2.75) is 38.3 Å². The molecule has 3 aliphatic carbocycles. The van der Waals surface area contributed by atoms with E-state index in [1.165, 1.54) is 31.1 Å². The van der Waals surface area contributed by atoms with Gasteiger partial charge in [0.25, 0.3) is 0 Å². The van der Waals surface area contributed by atoms with Crippen LogP contribution in [0.15, 0.2) is 0 Å². The van der Waals surface area contributed by atoms with Gasteiger partial charge in [0.1, 0.15) is 6.04 Å². The molecular weight excluding hydrogens is 232 g/mol. The van der Waals surface area contributed by atoms with Gasteiger partial charge in [0.05, 0.1) is 0 Å². The zero-order valence-electron chi connectivity index (χ0n) is 10.8. The van der Waals surface area contributed by atoms with Crippen LogP contribution in [0.5, 0.6) is 0 Å². The summed E-state index contributed by atoms with van der Waals surface area (Å²) in [5, 5.41) is 11.9. The Labute approximate surface area is 107 Å². The summed E-state index contributed by atoms with van der Waals surface area (Å²) in [6, 6.07) is -0.712. The minimum atomic E-state index is -0.969. The van der Waals surface area contributed by atoms with Crippen molar-refractivity contribution in [3.8, 4) is 0 Å². The number of likely N-dealkylation sites (N-methyl/N-ethyl adjacent to an activating group) is 1. The Hall–Kier alpha value is -1.26. The molecule has 0 aromatic carbocycles. The van der Waals surface area contributed by atoms with Gasteiger partial charge in [-0.1, -0.05) is 0 Å². The molecule has 3 rings (SSSR count). The second-order valence-electron chi connectivity index (χ2n) is 6.09. The first-order valence-electron chi connectivity index (χ1n) is 6.77. The fourth-order valence-electron chi connectivity index (χ4n) is 4.10. The van der Waals surface area contributed by atoms with Crippen molar-refractivity contribution < 1.29 is 14.7 Å². The number of nitrogens with zero attached hydrogens (tertiary/aromatic N) is 1. The highest BCUT2D eigenvalue weighted by Crippen LogP contribution is 2.65. The quantitative estimate of drug-likeness (QED) is 0.791. The van der Waals surface area contributed by atoms with Gasteiger partial charge in [0.15, 0.2) is 0 Å². The van der Waals surface area contributed by atoms with Crippen LogP contribution in [0.1, 0.15) is 26.2 Å². The van der Waals surface area contributed by atoms with Crippen molar-refractivity contribution >= 4 is 12.0 Å². The van der Waals surface area contributed by atoms with Crippen LogP contribution >= 0.6 is 0 Å². The fraction of sp³-hybridized carbons (Fsp3) is 0.846. The maximum absolute atomic E-state index is 12.0. The van der Waals surface area contributed by atoms with E-state index in [2.05, 4.69) is 5.32 Å². The van der Waals surface area contributed by atoms with E-state index in [1.807, 2.05) is 0 Å². The number of amides is 2. The van der Waals surface area contributed by atoms with Gasteiger partial charge in [-0.25, -0.2) is 9.59 Å².